The van der Waals surface area contributed by atoms with E-state index in [4.69, 9.17) is 28.9 Å². The Balaban J connectivity index is 0.00000256. The predicted molar refractivity (Wildman–Crippen MR) is 73.8 cm³/mol. The quantitative estimate of drug-likeness (QED) is 0.932. The first-order chi connectivity index (χ1) is 7.43. The van der Waals surface area contributed by atoms with Crippen molar-refractivity contribution in [2.24, 2.45) is 5.73 Å². The van der Waals surface area contributed by atoms with Gasteiger partial charge in [-0.2, -0.15) is 0 Å². The molecule has 0 aliphatic rings. The second-order valence-corrected chi connectivity index (χ2v) is 4.50. The van der Waals surface area contributed by atoms with Gasteiger partial charge in [-0.1, -0.05) is 29.3 Å². The van der Waals surface area contributed by atoms with E-state index in [1.165, 1.54) is 4.90 Å². The Morgan fingerprint density at radius 1 is 1.41 bits per heavy atom. The van der Waals surface area contributed by atoms with Gasteiger partial charge in [0, 0.05) is 29.2 Å². The molecular weight excluding hydrogens is 282 g/mol. The monoisotopic (exact) mass is 296 g/mol. The number of hydrogen-bond donors (Lipinski definition) is 1. The van der Waals surface area contributed by atoms with E-state index in [2.05, 4.69) is 0 Å². The van der Waals surface area contributed by atoms with E-state index in [0.29, 0.717) is 16.6 Å². The number of amides is 1. The molecule has 0 aromatic heterocycles. The molecule has 0 saturated heterocycles. The number of nitrogens with zero attached hydrogens (tertiary/aromatic N) is 1. The first kappa shape index (κ1) is 16.5. The minimum absolute atomic E-state index is 0. The van der Waals surface area contributed by atoms with Gasteiger partial charge in [0.2, 0.25) is 5.91 Å². The van der Waals surface area contributed by atoms with Crippen LogP contribution >= 0.6 is 35.6 Å². The van der Waals surface area contributed by atoms with Crippen LogP contribution < -0.4 is 5.73 Å². The minimum Gasteiger partial charge on any atom is -0.340 e. The van der Waals surface area contributed by atoms with Crippen molar-refractivity contribution in [2.75, 3.05) is 7.05 Å². The van der Waals surface area contributed by atoms with Crippen LogP contribution in [0.2, 0.25) is 10.0 Å². The van der Waals surface area contributed by atoms with Crippen LogP contribution in [-0.2, 0) is 11.3 Å². The van der Waals surface area contributed by atoms with Gasteiger partial charge in [-0.15, -0.1) is 12.4 Å². The standard InChI is InChI=1S/C11H14Cl2N2O.ClH/c1-7(14)11(16)15(2)6-8-9(12)4-3-5-10(8)13;/h3-5,7H,6,14H2,1-2H3;1H/t7-;/m0./s1. The third-order valence-corrected chi connectivity index (χ3v) is 2.93. The molecule has 1 atom stereocenters. The molecule has 0 radical (unpaired) electrons. The zero-order valence-corrected chi connectivity index (χ0v) is 11.9. The lowest BCUT2D eigenvalue weighted by atomic mass is 10.2. The van der Waals surface area contributed by atoms with E-state index in [1.54, 1.807) is 32.2 Å². The Hall–Kier alpha value is -0.480. The Morgan fingerprint density at radius 3 is 2.29 bits per heavy atom. The molecule has 0 unspecified atom stereocenters. The van der Waals surface area contributed by atoms with E-state index in [0.717, 1.165) is 5.56 Å². The Bertz CT molecular complexity index is 376. The van der Waals surface area contributed by atoms with Crippen molar-refractivity contribution in [3.63, 3.8) is 0 Å². The van der Waals surface area contributed by atoms with Gasteiger partial charge in [-0.25, -0.2) is 0 Å². The SMILES string of the molecule is C[C@H](N)C(=O)N(C)Cc1c(Cl)cccc1Cl.Cl. The van der Waals surface area contributed by atoms with Gasteiger partial charge in [-0.3, -0.25) is 4.79 Å². The molecule has 3 nitrogen and oxygen atoms in total. The summed E-state index contributed by atoms with van der Waals surface area (Å²) in [7, 11) is 1.67. The van der Waals surface area contributed by atoms with Gasteiger partial charge >= 0.3 is 0 Å². The minimum atomic E-state index is -0.522. The van der Waals surface area contributed by atoms with Crippen LogP contribution in [-0.4, -0.2) is 23.9 Å². The third kappa shape index (κ3) is 4.36. The first-order valence-corrected chi connectivity index (χ1v) is 5.62. The second-order valence-electron chi connectivity index (χ2n) is 3.68. The molecule has 0 heterocycles. The summed E-state index contributed by atoms with van der Waals surface area (Å²) >= 11 is 12.0. The van der Waals surface area contributed by atoms with Gasteiger partial charge < -0.3 is 10.6 Å². The van der Waals surface area contributed by atoms with Crippen molar-refractivity contribution < 1.29 is 4.79 Å². The molecule has 0 saturated carbocycles. The number of hydrogen-bond acceptors (Lipinski definition) is 2. The average molecular weight is 298 g/mol. The molecule has 0 spiro atoms. The molecule has 0 aliphatic carbocycles. The topological polar surface area (TPSA) is 46.3 Å². The summed E-state index contributed by atoms with van der Waals surface area (Å²) in [6.45, 7) is 2.01. The number of halogens is 3. The second kappa shape index (κ2) is 7.07. The van der Waals surface area contributed by atoms with E-state index in [1.807, 2.05) is 0 Å². The van der Waals surface area contributed by atoms with Crippen molar-refractivity contribution in [3.05, 3.63) is 33.8 Å². The number of benzene rings is 1. The lowest BCUT2D eigenvalue weighted by Gasteiger charge is -2.20. The molecule has 0 fully saturated rings. The summed E-state index contributed by atoms with van der Waals surface area (Å²) in [5, 5.41) is 1.11. The number of carbonyl (C=O) groups is 1. The zero-order valence-electron chi connectivity index (χ0n) is 9.61. The van der Waals surface area contributed by atoms with Crippen LogP contribution in [0.5, 0.6) is 0 Å². The highest BCUT2D eigenvalue weighted by atomic mass is 35.5. The van der Waals surface area contributed by atoms with Crippen LogP contribution in [0.3, 0.4) is 0 Å². The van der Waals surface area contributed by atoms with Crippen LogP contribution in [0.4, 0.5) is 0 Å². The van der Waals surface area contributed by atoms with Gasteiger partial charge in [0.15, 0.2) is 0 Å². The Morgan fingerprint density at radius 2 is 1.88 bits per heavy atom. The maximum atomic E-state index is 11.6. The van der Waals surface area contributed by atoms with Crippen LogP contribution in [0.15, 0.2) is 18.2 Å². The van der Waals surface area contributed by atoms with Gasteiger partial charge in [0.25, 0.3) is 0 Å². The van der Waals surface area contributed by atoms with Crippen molar-refractivity contribution in [1.82, 2.24) is 4.90 Å². The molecule has 1 amide bonds. The highest BCUT2D eigenvalue weighted by Crippen LogP contribution is 2.25. The molecule has 2 N–H and O–H groups in total. The van der Waals surface area contributed by atoms with Gasteiger partial charge in [0.1, 0.15) is 0 Å². The maximum Gasteiger partial charge on any atom is 0.239 e. The largest absolute Gasteiger partial charge is 0.340 e. The fourth-order valence-corrected chi connectivity index (χ4v) is 1.86. The molecule has 96 valence electrons. The van der Waals surface area contributed by atoms with E-state index >= 15 is 0 Å². The maximum absolute atomic E-state index is 11.6. The number of carbonyl (C=O) groups excluding carboxylic acids is 1. The van der Waals surface area contributed by atoms with Crippen LogP contribution in [0, 0.1) is 0 Å². The average Bonchev–Trinajstić information content (AvgIpc) is 2.22. The molecule has 6 heteroatoms. The molecule has 17 heavy (non-hydrogen) atoms. The summed E-state index contributed by atoms with van der Waals surface area (Å²) in [5.74, 6) is -0.143. The summed E-state index contributed by atoms with van der Waals surface area (Å²) in [6, 6.07) is 4.73. The number of likely N-dealkylation sites (N-methyl/N-ethyl adjacent to an activating group) is 1. The molecule has 0 bridgehead atoms. The molecule has 1 rings (SSSR count). The summed E-state index contributed by atoms with van der Waals surface area (Å²) in [6.07, 6.45) is 0. The Labute approximate surface area is 117 Å². The van der Waals surface area contributed by atoms with E-state index in [9.17, 15) is 4.79 Å². The van der Waals surface area contributed by atoms with Crippen molar-refractivity contribution >= 4 is 41.5 Å². The van der Waals surface area contributed by atoms with Crippen LogP contribution in [0.25, 0.3) is 0 Å². The lowest BCUT2D eigenvalue weighted by Crippen LogP contribution is -2.39. The third-order valence-electron chi connectivity index (χ3n) is 2.22. The zero-order chi connectivity index (χ0) is 12.3. The first-order valence-electron chi connectivity index (χ1n) is 4.87. The Kier molecular flexibility index (Phi) is 6.87. The highest BCUT2D eigenvalue weighted by Gasteiger charge is 2.16. The fraction of sp³-hybridized carbons (Fsp3) is 0.364. The van der Waals surface area contributed by atoms with Crippen molar-refractivity contribution in [1.29, 1.82) is 0 Å². The van der Waals surface area contributed by atoms with Crippen LogP contribution in [0.1, 0.15) is 12.5 Å². The highest BCUT2D eigenvalue weighted by molar-refractivity contribution is 6.36. The van der Waals surface area contributed by atoms with Gasteiger partial charge in [0.05, 0.1) is 6.04 Å². The molecule has 1 aromatic rings. The van der Waals surface area contributed by atoms with Crippen molar-refractivity contribution in [3.8, 4) is 0 Å². The predicted octanol–water partition coefficient (Wildman–Crippen LogP) is 2.72. The van der Waals surface area contributed by atoms with E-state index < -0.39 is 6.04 Å². The molecular formula is C11H15Cl3N2O. The lowest BCUT2D eigenvalue weighted by molar-refractivity contribution is -0.131. The summed E-state index contributed by atoms with van der Waals surface area (Å²) < 4.78 is 0. The molecule has 0 aliphatic heterocycles. The van der Waals surface area contributed by atoms with E-state index in [-0.39, 0.29) is 18.3 Å². The number of nitrogens with two attached hydrogens (primary N) is 1. The molecule has 1 aromatic carbocycles. The summed E-state index contributed by atoms with van der Waals surface area (Å²) in [4.78, 5) is 13.1. The van der Waals surface area contributed by atoms with Crippen molar-refractivity contribution in [2.45, 2.75) is 19.5 Å². The smallest absolute Gasteiger partial charge is 0.239 e. The summed E-state index contributed by atoms with van der Waals surface area (Å²) in [5.41, 5.74) is 6.25. The van der Waals surface area contributed by atoms with Gasteiger partial charge in [-0.05, 0) is 19.1 Å². The fourth-order valence-electron chi connectivity index (χ4n) is 1.35. The normalized spacial score (nSPS) is 11.6. The number of rotatable bonds is 3.